The van der Waals surface area contributed by atoms with Crippen LogP contribution in [-0.4, -0.2) is 17.4 Å². The third-order valence-electron chi connectivity index (χ3n) is 0.929. The molecular formula is C6H14N2OS. The summed E-state index contributed by atoms with van der Waals surface area (Å²) < 4.78 is 5.26. The molecule has 10 heavy (non-hydrogen) atoms. The molecule has 0 aliphatic rings. The largest absolute Gasteiger partial charge is 0.376 e. The van der Waals surface area contributed by atoms with E-state index in [9.17, 15) is 0 Å². The molecule has 3 N–H and O–H groups in total. The first-order chi connectivity index (χ1) is 4.48. The van der Waals surface area contributed by atoms with Gasteiger partial charge in [0.15, 0.2) is 5.11 Å². The van der Waals surface area contributed by atoms with Crippen LogP contribution in [0.1, 0.15) is 20.8 Å². The lowest BCUT2D eigenvalue weighted by Crippen LogP contribution is -2.47. The van der Waals surface area contributed by atoms with Crippen LogP contribution in [0, 0.1) is 0 Å². The van der Waals surface area contributed by atoms with Gasteiger partial charge in [0, 0.05) is 6.61 Å². The van der Waals surface area contributed by atoms with Crippen molar-refractivity contribution in [1.82, 2.24) is 5.32 Å². The van der Waals surface area contributed by atoms with Gasteiger partial charge in [-0.3, -0.25) is 0 Å². The van der Waals surface area contributed by atoms with Gasteiger partial charge in [-0.05, 0) is 33.0 Å². The van der Waals surface area contributed by atoms with E-state index in [0.717, 1.165) is 0 Å². The van der Waals surface area contributed by atoms with Crippen molar-refractivity contribution < 1.29 is 4.74 Å². The maximum Gasteiger partial charge on any atom is 0.165 e. The Morgan fingerprint density at radius 3 is 2.50 bits per heavy atom. The van der Waals surface area contributed by atoms with Crippen molar-refractivity contribution in [2.24, 2.45) is 5.73 Å². The van der Waals surface area contributed by atoms with E-state index < -0.39 is 5.72 Å². The highest BCUT2D eigenvalue weighted by molar-refractivity contribution is 7.80. The normalized spacial score (nSPS) is 11.1. The second-order valence-electron chi connectivity index (χ2n) is 2.43. The fourth-order valence-corrected chi connectivity index (χ4v) is 0.939. The second kappa shape index (κ2) is 3.73. The fraction of sp³-hybridized carbons (Fsp3) is 0.833. The molecule has 0 aromatic rings. The Morgan fingerprint density at radius 2 is 2.20 bits per heavy atom. The van der Waals surface area contributed by atoms with E-state index >= 15 is 0 Å². The summed E-state index contributed by atoms with van der Waals surface area (Å²) in [5, 5.41) is 3.07. The van der Waals surface area contributed by atoms with Crippen LogP contribution < -0.4 is 11.1 Å². The molecule has 0 spiro atoms. The minimum absolute atomic E-state index is 0.262. The molecule has 0 amide bonds. The number of hydrogen-bond donors (Lipinski definition) is 2. The molecule has 3 nitrogen and oxygen atoms in total. The second-order valence-corrected chi connectivity index (χ2v) is 2.87. The SMILES string of the molecule is CCOC(C)(C)NC(N)=S. The van der Waals surface area contributed by atoms with Crippen LogP contribution in [0.4, 0.5) is 0 Å². The summed E-state index contributed by atoms with van der Waals surface area (Å²) in [5.74, 6) is 0. The first-order valence-corrected chi connectivity index (χ1v) is 3.60. The minimum Gasteiger partial charge on any atom is -0.376 e. The Bertz CT molecular complexity index is 125. The lowest BCUT2D eigenvalue weighted by Gasteiger charge is -2.25. The van der Waals surface area contributed by atoms with E-state index in [0.29, 0.717) is 6.61 Å². The topological polar surface area (TPSA) is 47.3 Å². The standard InChI is InChI=1S/C6H14N2OS/c1-4-9-6(2,3)8-5(7)10/h4H2,1-3H3,(H3,7,8,10). The molecule has 0 bridgehead atoms. The molecular weight excluding hydrogens is 148 g/mol. The van der Waals surface area contributed by atoms with Crippen LogP contribution >= 0.6 is 12.2 Å². The molecule has 0 fully saturated rings. The van der Waals surface area contributed by atoms with E-state index in [-0.39, 0.29) is 5.11 Å². The molecule has 0 aromatic heterocycles. The van der Waals surface area contributed by atoms with Gasteiger partial charge in [-0.25, -0.2) is 0 Å². The maximum absolute atomic E-state index is 5.26. The Labute approximate surface area is 66.9 Å². The van der Waals surface area contributed by atoms with Crippen LogP contribution in [0.3, 0.4) is 0 Å². The molecule has 60 valence electrons. The van der Waals surface area contributed by atoms with Crippen molar-refractivity contribution >= 4 is 17.3 Å². The van der Waals surface area contributed by atoms with Crippen LogP contribution in [-0.2, 0) is 4.74 Å². The number of thiocarbonyl (C=S) groups is 1. The molecule has 0 saturated carbocycles. The zero-order chi connectivity index (χ0) is 8.20. The van der Waals surface area contributed by atoms with Gasteiger partial charge >= 0.3 is 0 Å². The molecule has 0 rings (SSSR count). The maximum atomic E-state index is 5.26. The Balaban J connectivity index is 3.74. The molecule has 0 aliphatic carbocycles. The summed E-state index contributed by atoms with van der Waals surface area (Å²) in [6, 6.07) is 0. The molecule has 0 aromatic carbocycles. The van der Waals surface area contributed by atoms with Crippen LogP contribution in [0.25, 0.3) is 0 Å². The van der Waals surface area contributed by atoms with E-state index in [2.05, 4.69) is 17.5 Å². The summed E-state index contributed by atoms with van der Waals surface area (Å²) in [4.78, 5) is 0. The van der Waals surface area contributed by atoms with Crippen molar-refractivity contribution in [1.29, 1.82) is 0 Å². The number of nitrogens with two attached hydrogens (primary N) is 1. The van der Waals surface area contributed by atoms with Gasteiger partial charge in [-0.2, -0.15) is 0 Å². The lowest BCUT2D eigenvalue weighted by atomic mass is 10.3. The van der Waals surface area contributed by atoms with Crippen molar-refractivity contribution in [2.75, 3.05) is 6.61 Å². The van der Waals surface area contributed by atoms with Crippen molar-refractivity contribution in [3.05, 3.63) is 0 Å². The number of nitrogens with one attached hydrogen (secondary N) is 1. The molecule has 0 radical (unpaired) electrons. The minimum atomic E-state index is -0.444. The quantitative estimate of drug-likeness (QED) is 0.471. The van der Waals surface area contributed by atoms with Crippen molar-refractivity contribution in [3.63, 3.8) is 0 Å². The average Bonchev–Trinajstić information content (AvgIpc) is 1.59. The molecule has 0 heterocycles. The third kappa shape index (κ3) is 4.52. The summed E-state index contributed by atoms with van der Waals surface area (Å²) in [5.41, 5.74) is 4.81. The van der Waals surface area contributed by atoms with Gasteiger partial charge in [-0.1, -0.05) is 0 Å². The zero-order valence-electron chi connectivity index (χ0n) is 6.60. The summed E-state index contributed by atoms with van der Waals surface area (Å²) in [6.45, 7) is 6.30. The van der Waals surface area contributed by atoms with Crippen LogP contribution in [0.2, 0.25) is 0 Å². The van der Waals surface area contributed by atoms with Crippen LogP contribution in [0.15, 0.2) is 0 Å². The molecule has 0 saturated heterocycles. The highest BCUT2D eigenvalue weighted by atomic mass is 32.1. The fourth-order valence-electron chi connectivity index (χ4n) is 0.694. The number of ether oxygens (including phenoxy) is 1. The first-order valence-electron chi connectivity index (χ1n) is 3.19. The predicted molar refractivity (Wildman–Crippen MR) is 45.6 cm³/mol. The van der Waals surface area contributed by atoms with Gasteiger partial charge < -0.3 is 15.8 Å². The number of rotatable bonds is 3. The Hall–Kier alpha value is -0.350. The van der Waals surface area contributed by atoms with E-state index in [1.165, 1.54) is 0 Å². The van der Waals surface area contributed by atoms with Gasteiger partial charge in [0.05, 0.1) is 0 Å². The summed E-state index contributed by atoms with van der Waals surface area (Å²) in [6.07, 6.45) is 0. The van der Waals surface area contributed by atoms with E-state index in [1.807, 2.05) is 20.8 Å². The Morgan fingerprint density at radius 1 is 1.70 bits per heavy atom. The lowest BCUT2D eigenvalue weighted by molar-refractivity contribution is -0.0212. The molecule has 4 heteroatoms. The molecule has 0 unspecified atom stereocenters. The van der Waals surface area contributed by atoms with Gasteiger partial charge in [0.25, 0.3) is 0 Å². The Kier molecular flexibility index (Phi) is 3.60. The van der Waals surface area contributed by atoms with E-state index in [4.69, 9.17) is 10.5 Å². The van der Waals surface area contributed by atoms with Crippen molar-refractivity contribution in [3.8, 4) is 0 Å². The first kappa shape index (κ1) is 9.65. The van der Waals surface area contributed by atoms with Gasteiger partial charge in [0.1, 0.15) is 5.72 Å². The average molecular weight is 162 g/mol. The zero-order valence-corrected chi connectivity index (χ0v) is 7.42. The van der Waals surface area contributed by atoms with E-state index in [1.54, 1.807) is 0 Å². The smallest absolute Gasteiger partial charge is 0.165 e. The summed E-state index contributed by atoms with van der Waals surface area (Å²) >= 11 is 4.64. The molecule has 0 atom stereocenters. The summed E-state index contributed by atoms with van der Waals surface area (Å²) in [7, 11) is 0. The highest BCUT2D eigenvalue weighted by Crippen LogP contribution is 2.02. The van der Waals surface area contributed by atoms with Gasteiger partial charge in [0.2, 0.25) is 0 Å². The predicted octanol–water partition coefficient (Wildman–Crippen LogP) is 0.592. The highest BCUT2D eigenvalue weighted by Gasteiger charge is 2.16. The van der Waals surface area contributed by atoms with Crippen LogP contribution in [0.5, 0.6) is 0 Å². The van der Waals surface area contributed by atoms with Gasteiger partial charge in [-0.15, -0.1) is 0 Å². The third-order valence-corrected chi connectivity index (χ3v) is 1.03. The monoisotopic (exact) mass is 162 g/mol. The van der Waals surface area contributed by atoms with Crippen molar-refractivity contribution in [2.45, 2.75) is 26.5 Å². The molecule has 0 aliphatic heterocycles. The number of hydrogen-bond acceptors (Lipinski definition) is 2.